The summed E-state index contributed by atoms with van der Waals surface area (Å²) in [4.78, 5) is 14.4. The zero-order chi connectivity index (χ0) is 19.9. The van der Waals surface area contributed by atoms with E-state index < -0.39 is 6.61 Å². The van der Waals surface area contributed by atoms with Crippen LogP contribution < -0.4 is 14.8 Å². The lowest BCUT2D eigenvalue weighted by molar-refractivity contribution is -0.117. The highest BCUT2D eigenvalue weighted by molar-refractivity contribution is 5.91. The molecule has 1 heterocycles. The molecule has 0 saturated carbocycles. The van der Waals surface area contributed by atoms with Gasteiger partial charge in [0.25, 0.3) is 0 Å². The van der Waals surface area contributed by atoms with E-state index in [0.29, 0.717) is 25.3 Å². The van der Waals surface area contributed by atoms with Crippen molar-refractivity contribution < 1.29 is 27.8 Å². The Kier molecular flexibility index (Phi) is 7.55. The van der Waals surface area contributed by atoms with E-state index in [1.54, 1.807) is 12.1 Å². The van der Waals surface area contributed by atoms with E-state index in [0.717, 1.165) is 13.1 Å². The number of benzene rings is 1. The number of carbonyl (C=O) groups is 1. The molecule has 1 aromatic carbocycles. The predicted molar refractivity (Wildman–Crippen MR) is 98.1 cm³/mol. The van der Waals surface area contributed by atoms with Gasteiger partial charge in [-0.25, -0.2) is 0 Å². The molecule has 0 aliphatic carbocycles. The van der Waals surface area contributed by atoms with Crippen molar-refractivity contribution in [1.29, 1.82) is 0 Å². The van der Waals surface area contributed by atoms with Gasteiger partial charge in [0.05, 0.1) is 20.3 Å². The minimum Gasteiger partial charge on any atom is -0.493 e. The van der Waals surface area contributed by atoms with Gasteiger partial charge in [-0.1, -0.05) is 6.07 Å². The highest BCUT2D eigenvalue weighted by Gasteiger charge is 2.28. The summed E-state index contributed by atoms with van der Waals surface area (Å²) < 4.78 is 39.5. The average molecular weight is 384 g/mol. The number of nitrogens with one attached hydrogen (secondary N) is 1. The smallest absolute Gasteiger partial charge is 0.387 e. The number of ether oxygens (including phenoxy) is 3. The summed E-state index contributed by atoms with van der Waals surface area (Å²) in [6.45, 7) is 4.80. The number of rotatable bonds is 8. The van der Waals surface area contributed by atoms with Crippen molar-refractivity contribution >= 4 is 12.0 Å². The summed E-state index contributed by atoms with van der Waals surface area (Å²) in [6, 6.07) is 4.48. The number of alkyl halides is 2. The maximum atomic E-state index is 12.4. The lowest BCUT2D eigenvalue weighted by Crippen LogP contribution is -2.55. The van der Waals surface area contributed by atoms with Gasteiger partial charge in [0, 0.05) is 31.2 Å². The molecule has 150 valence electrons. The largest absolute Gasteiger partial charge is 0.493 e. The van der Waals surface area contributed by atoms with Gasteiger partial charge in [-0.2, -0.15) is 8.78 Å². The molecular formula is C19H26F2N2O4. The fourth-order valence-corrected chi connectivity index (χ4v) is 2.80. The third-order valence-corrected chi connectivity index (χ3v) is 4.39. The number of amides is 1. The Hall–Kier alpha value is -2.19. The van der Waals surface area contributed by atoms with E-state index >= 15 is 0 Å². The van der Waals surface area contributed by atoms with Gasteiger partial charge in [0.2, 0.25) is 5.91 Å². The molecule has 6 nitrogen and oxygen atoms in total. The molecule has 0 radical (unpaired) electrons. The molecule has 1 saturated heterocycles. The van der Waals surface area contributed by atoms with E-state index in [9.17, 15) is 13.6 Å². The summed E-state index contributed by atoms with van der Waals surface area (Å²) >= 11 is 0. The minimum absolute atomic E-state index is 0.0543. The zero-order valence-corrected chi connectivity index (χ0v) is 15.8. The van der Waals surface area contributed by atoms with E-state index in [2.05, 4.69) is 28.8 Å². The summed E-state index contributed by atoms with van der Waals surface area (Å²) in [5.74, 6) is -0.115. The van der Waals surface area contributed by atoms with Crippen LogP contribution in [0.3, 0.4) is 0 Å². The van der Waals surface area contributed by atoms with Crippen LogP contribution in [0.15, 0.2) is 24.3 Å². The maximum absolute atomic E-state index is 12.4. The van der Waals surface area contributed by atoms with Gasteiger partial charge in [-0.15, -0.1) is 0 Å². The Morgan fingerprint density at radius 3 is 2.67 bits per heavy atom. The standard InChI is InChI=1S/C19H26F2N2O4/c1-19(2,23-8-10-26-11-9-23)13-22-17(24)7-5-14-4-6-15(27-18(20)21)16(12-14)25-3/h4-7,12,18H,8-11,13H2,1-3H3,(H,22,24)/b7-5+. The Morgan fingerprint density at radius 1 is 1.33 bits per heavy atom. The van der Waals surface area contributed by atoms with E-state index in [-0.39, 0.29) is 22.9 Å². The van der Waals surface area contributed by atoms with Gasteiger partial charge in [-0.3, -0.25) is 9.69 Å². The second kappa shape index (κ2) is 9.66. The molecule has 8 heteroatoms. The van der Waals surface area contributed by atoms with Crippen LogP contribution in [0.4, 0.5) is 8.78 Å². The Labute approximate surface area is 158 Å². The number of carbonyl (C=O) groups excluding carboxylic acids is 1. The summed E-state index contributed by atoms with van der Waals surface area (Å²) in [7, 11) is 1.36. The molecule has 0 atom stereocenters. The van der Waals surface area contributed by atoms with Crippen molar-refractivity contribution in [2.75, 3.05) is 40.0 Å². The highest BCUT2D eigenvalue weighted by atomic mass is 19.3. The SMILES string of the molecule is COc1cc(/C=C/C(=O)NCC(C)(C)N2CCOCC2)ccc1OC(F)F. The van der Waals surface area contributed by atoms with E-state index in [4.69, 9.17) is 9.47 Å². The number of hydrogen-bond acceptors (Lipinski definition) is 5. The summed E-state index contributed by atoms with van der Waals surface area (Å²) in [5.41, 5.74) is 0.459. The second-order valence-electron chi connectivity index (χ2n) is 6.75. The molecule has 1 aliphatic heterocycles. The van der Waals surface area contributed by atoms with Gasteiger partial charge in [-0.05, 0) is 37.6 Å². The van der Waals surface area contributed by atoms with Gasteiger partial charge in [0.1, 0.15) is 0 Å². The second-order valence-corrected chi connectivity index (χ2v) is 6.75. The summed E-state index contributed by atoms with van der Waals surface area (Å²) in [5, 5.41) is 2.89. The fourth-order valence-electron chi connectivity index (χ4n) is 2.80. The number of halogens is 2. The molecule has 0 spiro atoms. The van der Waals surface area contributed by atoms with Crippen molar-refractivity contribution in [1.82, 2.24) is 10.2 Å². The van der Waals surface area contributed by atoms with Crippen LogP contribution in [0.5, 0.6) is 11.5 Å². The first-order valence-corrected chi connectivity index (χ1v) is 8.73. The lowest BCUT2D eigenvalue weighted by atomic mass is 10.0. The molecule has 1 aliphatic rings. The highest BCUT2D eigenvalue weighted by Crippen LogP contribution is 2.29. The molecule has 1 aromatic rings. The molecule has 1 N–H and O–H groups in total. The number of methoxy groups -OCH3 is 1. The minimum atomic E-state index is -2.93. The van der Waals surface area contributed by atoms with Crippen molar-refractivity contribution in [3.8, 4) is 11.5 Å². The predicted octanol–water partition coefficient (Wildman–Crippen LogP) is 2.54. The lowest BCUT2D eigenvalue weighted by Gasteiger charge is -2.40. The molecule has 0 bridgehead atoms. The van der Waals surface area contributed by atoms with Gasteiger partial charge >= 0.3 is 6.61 Å². The van der Waals surface area contributed by atoms with Crippen LogP contribution in [0.25, 0.3) is 6.08 Å². The average Bonchev–Trinajstić information content (AvgIpc) is 2.66. The maximum Gasteiger partial charge on any atom is 0.387 e. The van der Waals surface area contributed by atoms with Crippen molar-refractivity contribution in [2.45, 2.75) is 26.0 Å². The molecule has 1 amide bonds. The van der Waals surface area contributed by atoms with Crippen LogP contribution in [-0.4, -0.2) is 62.9 Å². The first kappa shape index (κ1) is 21.1. The van der Waals surface area contributed by atoms with Crippen LogP contribution in [0.2, 0.25) is 0 Å². The first-order chi connectivity index (χ1) is 12.8. The normalized spacial score (nSPS) is 15.9. The Balaban J connectivity index is 1.92. The third-order valence-electron chi connectivity index (χ3n) is 4.39. The van der Waals surface area contributed by atoms with Crippen LogP contribution >= 0.6 is 0 Å². The molecule has 0 unspecified atom stereocenters. The number of nitrogens with zero attached hydrogens (tertiary/aromatic N) is 1. The zero-order valence-electron chi connectivity index (χ0n) is 15.8. The first-order valence-electron chi connectivity index (χ1n) is 8.73. The monoisotopic (exact) mass is 384 g/mol. The van der Waals surface area contributed by atoms with Gasteiger partial charge < -0.3 is 19.5 Å². The molecule has 1 fully saturated rings. The van der Waals surface area contributed by atoms with Crippen LogP contribution in [0, 0.1) is 0 Å². The van der Waals surface area contributed by atoms with Gasteiger partial charge in [0.15, 0.2) is 11.5 Å². The quantitative estimate of drug-likeness (QED) is 0.698. The Bertz CT molecular complexity index is 659. The summed E-state index contributed by atoms with van der Waals surface area (Å²) in [6.07, 6.45) is 2.99. The third kappa shape index (κ3) is 6.48. The van der Waals surface area contributed by atoms with Crippen LogP contribution in [-0.2, 0) is 9.53 Å². The Morgan fingerprint density at radius 2 is 2.04 bits per heavy atom. The molecule has 27 heavy (non-hydrogen) atoms. The van der Waals surface area contributed by atoms with Crippen molar-refractivity contribution in [3.05, 3.63) is 29.8 Å². The van der Waals surface area contributed by atoms with Crippen LogP contribution in [0.1, 0.15) is 19.4 Å². The van der Waals surface area contributed by atoms with Crippen molar-refractivity contribution in [3.63, 3.8) is 0 Å². The van der Waals surface area contributed by atoms with E-state index in [1.807, 2.05) is 0 Å². The topological polar surface area (TPSA) is 60.0 Å². The van der Waals surface area contributed by atoms with Crippen molar-refractivity contribution in [2.24, 2.45) is 0 Å². The molecule has 0 aromatic heterocycles. The molecule has 2 rings (SSSR count). The number of morpholine rings is 1. The number of hydrogen-bond donors (Lipinski definition) is 1. The fraction of sp³-hybridized carbons (Fsp3) is 0.526. The van der Waals surface area contributed by atoms with E-state index in [1.165, 1.54) is 25.3 Å². The molecular weight excluding hydrogens is 358 g/mol.